The van der Waals surface area contributed by atoms with E-state index in [4.69, 9.17) is 0 Å². The fraction of sp³-hybridized carbons (Fsp3) is 0.273. The summed E-state index contributed by atoms with van der Waals surface area (Å²) >= 11 is 0. The van der Waals surface area contributed by atoms with E-state index in [0.717, 1.165) is 0 Å². The second-order valence-corrected chi connectivity index (χ2v) is 2.72. The topological polar surface area (TPSA) is 37.4 Å². The fourth-order valence-corrected chi connectivity index (χ4v) is 1.04. The first-order chi connectivity index (χ1) is 6.56. The van der Waals surface area contributed by atoms with Crippen LogP contribution in [0, 0.1) is 0 Å². The molecule has 0 aromatic heterocycles. The van der Waals surface area contributed by atoms with E-state index in [1.54, 1.807) is 0 Å². The van der Waals surface area contributed by atoms with Gasteiger partial charge in [0.15, 0.2) is 0 Å². The van der Waals surface area contributed by atoms with Crippen molar-refractivity contribution in [3.8, 4) is 0 Å². The molecule has 0 aromatic carbocycles. The Morgan fingerprint density at radius 1 is 1.50 bits per heavy atom. The lowest BCUT2D eigenvalue weighted by Crippen LogP contribution is -2.26. The highest BCUT2D eigenvalue weighted by Gasteiger charge is 2.07. The molecule has 0 fully saturated rings. The summed E-state index contributed by atoms with van der Waals surface area (Å²) in [6.07, 6.45) is 3.63. The lowest BCUT2D eigenvalue weighted by Gasteiger charge is -2.19. The number of carbonyl (C=O) groups excluding carboxylic acids is 2. The molecule has 14 heavy (non-hydrogen) atoms. The lowest BCUT2D eigenvalue weighted by atomic mass is 10.2. The van der Waals surface area contributed by atoms with E-state index in [0.29, 0.717) is 24.1 Å². The molecule has 0 radical (unpaired) electrons. The van der Waals surface area contributed by atoms with Gasteiger partial charge in [-0.1, -0.05) is 19.2 Å². The molecule has 0 saturated heterocycles. The smallest absolute Gasteiger partial charge is 0.223 e. The van der Waals surface area contributed by atoms with Gasteiger partial charge in [-0.15, -0.1) is 0 Å². The summed E-state index contributed by atoms with van der Waals surface area (Å²) in [5.41, 5.74) is 0.914. The molecular weight excluding hydrogens is 178 g/mol. The minimum Gasteiger partial charge on any atom is -0.314 e. The summed E-state index contributed by atoms with van der Waals surface area (Å²) in [4.78, 5) is 23.0. The van der Waals surface area contributed by atoms with Crippen LogP contribution in [0.5, 0.6) is 0 Å². The minimum atomic E-state index is -0.0944. The monoisotopic (exact) mass is 193 g/mol. The summed E-state index contributed by atoms with van der Waals surface area (Å²) in [5.74, 6) is -0.0944. The van der Waals surface area contributed by atoms with Crippen LogP contribution in [0.1, 0.15) is 13.8 Å². The summed E-state index contributed by atoms with van der Waals surface area (Å²) in [5, 5.41) is 0. The first kappa shape index (κ1) is 12.4. The van der Waals surface area contributed by atoms with E-state index in [-0.39, 0.29) is 5.91 Å². The molecule has 0 rings (SSSR count). The highest BCUT2D eigenvalue weighted by Crippen LogP contribution is 2.06. The summed E-state index contributed by atoms with van der Waals surface area (Å²) < 4.78 is 0. The maximum Gasteiger partial charge on any atom is 0.223 e. The quantitative estimate of drug-likeness (QED) is 0.378. The van der Waals surface area contributed by atoms with Crippen molar-refractivity contribution in [3.05, 3.63) is 36.6 Å². The van der Waals surface area contributed by atoms with Crippen molar-refractivity contribution in [2.75, 3.05) is 6.54 Å². The summed E-state index contributed by atoms with van der Waals surface area (Å²) in [6, 6.07) is 0. The average molecular weight is 193 g/mol. The highest BCUT2D eigenvalue weighted by molar-refractivity contribution is 5.80. The third kappa shape index (κ3) is 3.39. The van der Waals surface area contributed by atoms with E-state index in [9.17, 15) is 9.59 Å². The van der Waals surface area contributed by atoms with E-state index in [1.165, 1.54) is 24.0 Å². The number of hydrogen-bond donors (Lipinski definition) is 0. The van der Waals surface area contributed by atoms with Crippen LogP contribution in [0.2, 0.25) is 0 Å². The van der Waals surface area contributed by atoms with Crippen molar-refractivity contribution in [1.29, 1.82) is 0 Å². The Kier molecular flexibility index (Phi) is 5.22. The predicted molar refractivity (Wildman–Crippen MR) is 56.5 cm³/mol. The van der Waals surface area contributed by atoms with Crippen LogP contribution >= 0.6 is 0 Å². The molecule has 3 nitrogen and oxygen atoms in total. The van der Waals surface area contributed by atoms with Gasteiger partial charge in [0.1, 0.15) is 6.29 Å². The van der Waals surface area contributed by atoms with E-state index < -0.39 is 0 Å². The van der Waals surface area contributed by atoms with Crippen LogP contribution in [0.25, 0.3) is 0 Å². The highest BCUT2D eigenvalue weighted by atomic mass is 16.2. The molecule has 76 valence electrons. The molecule has 0 atom stereocenters. The summed E-state index contributed by atoms with van der Waals surface area (Å²) in [6.45, 7) is 11.0. The Labute approximate surface area is 84.4 Å². The van der Waals surface area contributed by atoms with Gasteiger partial charge in [-0.3, -0.25) is 9.59 Å². The van der Waals surface area contributed by atoms with E-state index in [1.807, 2.05) is 6.92 Å². The number of likely N-dealkylation sites (N-methyl/N-ethyl adjacent to an activating group) is 1. The predicted octanol–water partition coefficient (Wildman–Crippen LogP) is 1.68. The maximum atomic E-state index is 11.1. The molecular formula is C11H15NO2. The largest absolute Gasteiger partial charge is 0.314 e. The Hall–Kier alpha value is -1.64. The fourth-order valence-electron chi connectivity index (χ4n) is 1.04. The van der Waals surface area contributed by atoms with Crippen molar-refractivity contribution in [2.45, 2.75) is 13.8 Å². The Balaban J connectivity index is 4.76. The molecule has 0 saturated carbocycles. The molecule has 0 unspecified atom stereocenters. The van der Waals surface area contributed by atoms with Crippen molar-refractivity contribution in [2.24, 2.45) is 0 Å². The number of allylic oxidation sites excluding steroid dienone is 3. The van der Waals surface area contributed by atoms with Gasteiger partial charge in [0.2, 0.25) is 5.91 Å². The maximum absolute atomic E-state index is 11.1. The average Bonchev–Trinajstić information content (AvgIpc) is 2.14. The van der Waals surface area contributed by atoms with Gasteiger partial charge in [0, 0.05) is 24.7 Å². The Bertz CT molecular complexity index is 280. The minimum absolute atomic E-state index is 0.0944. The number of rotatable bonds is 5. The van der Waals surface area contributed by atoms with Crippen molar-refractivity contribution in [1.82, 2.24) is 4.90 Å². The van der Waals surface area contributed by atoms with Gasteiger partial charge < -0.3 is 4.90 Å². The van der Waals surface area contributed by atoms with Gasteiger partial charge in [-0.25, -0.2) is 0 Å². The molecule has 0 heterocycles. The molecule has 0 spiro atoms. The molecule has 1 amide bonds. The third-order valence-electron chi connectivity index (χ3n) is 1.75. The van der Waals surface area contributed by atoms with Crippen molar-refractivity contribution < 1.29 is 9.59 Å². The van der Waals surface area contributed by atoms with E-state index in [2.05, 4.69) is 13.2 Å². The van der Waals surface area contributed by atoms with Gasteiger partial charge in [0.25, 0.3) is 0 Å². The van der Waals surface area contributed by atoms with Gasteiger partial charge in [-0.2, -0.15) is 0 Å². The lowest BCUT2D eigenvalue weighted by molar-refractivity contribution is -0.126. The molecule has 0 N–H and O–H groups in total. The number of nitrogens with zero attached hydrogens (tertiary/aromatic N) is 1. The molecule has 0 aromatic rings. The zero-order valence-corrected chi connectivity index (χ0v) is 8.62. The van der Waals surface area contributed by atoms with Crippen LogP contribution < -0.4 is 0 Å². The molecule has 3 heteroatoms. The van der Waals surface area contributed by atoms with Gasteiger partial charge in [-0.05, 0) is 13.0 Å². The number of amides is 1. The van der Waals surface area contributed by atoms with Gasteiger partial charge in [0.05, 0.1) is 0 Å². The number of carbonyl (C=O) groups is 2. The number of aldehydes is 1. The molecule has 0 bridgehead atoms. The zero-order chi connectivity index (χ0) is 11.1. The van der Waals surface area contributed by atoms with Crippen molar-refractivity contribution >= 4 is 12.2 Å². The first-order valence-corrected chi connectivity index (χ1v) is 4.33. The normalized spacial score (nSPS) is 10.6. The van der Waals surface area contributed by atoms with E-state index >= 15 is 0 Å². The van der Waals surface area contributed by atoms with Gasteiger partial charge >= 0.3 is 0 Å². The van der Waals surface area contributed by atoms with Crippen molar-refractivity contribution in [3.63, 3.8) is 0 Å². The molecule has 0 aliphatic heterocycles. The SMILES string of the molecule is C=C/C(C=O)=C\C(=C)N(CC)C(C)=O. The van der Waals surface area contributed by atoms with Crippen LogP contribution in [-0.4, -0.2) is 23.6 Å². The molecule has 0 aliphatic carbocycles. The molecule has 0 aliphatic rings. The Morgan fingerprint density at radius 2 is 2.07 bits per heavy atom. The first-order valence-electron chi connectivity index (χ1n) is 4.33. The van der Waals surface area contributed by atoms with Crippen LogP contribution in [0.3, 0.4) is 0 Å². The summed E-state index contributed by atoms with van der Waals surface area (Å²) in [7, 11) is 0. The standard InChI is InChI=1S/C11H15NO2/c1-5-11(8-13)7-9(3)12(6-2)10(4)14/h5,7-8H,1,3,6H2,2,4H3/b11-7+. The van der Waals surface area contributed by atoms with Crippen LogP contribution in [0.15, 0.2) is 36.6 Å². The second kappa shape index (κ2) is 5.91. The zero-order valence-electron chi connectivity index (χ0n) is 8.62. The number of hydrogen-bond acceptors (Lipinski definition) is 2. The second-order valence-electron chi connectivity index (χ2n) is 2.72. The van der Waals surface area contributed by atoms with Crippen LogP contribution in [-0.2, 0) is 9.59 Å². The third-order valence-corrected chi connectivity index (χ3v) is 1.75. The Morgan fingerprint density at radius 3 is 2.36 bits per heavy atom. The van der Waals surface area contributed by atoms with Crippen LogP contribution in [0.4, 0.5) is 0 Å².